The Morgan fingerprint density at radius 2 is 1.92 bits per heavy atom. The summed E-state index contributed by atoms with van der Waals surface area (Å²) in [5.74, 6) is -0.0986. The Morgan fingerprint density at radius 1 is 1.42 bits per heavy atom. The molecule has 0 aliphatic heterocycles. The third kappa shape index (κ3) is 2.20. The van der Waals surface area contributed by atoms with Crippen LogP contribution in [0.1, 0.15) is 25.7 Å². The first-order valence-corrected chi connectivity index (χ1v) is 4.67. The van der Waals surface area contributed by atoms with Crippen molar-refractivity contribution in [2.45, 2.75) is 30.6 Å². The van der Waals surface area contributed by atoms with Gasteiger partial charge in [0.15, 0.2) is 0 Å². The first-order valence-electron chi connectivity index (χ1n) is 3.92. The summed E-state index contributed by atoms with van der Waals surface area (Å²) >= 11 is 11.2. The summed E-state index contributed by atoms with van der Waals surface area (Å²) in [6.45, 7) is 0. The van der Waals surface area contributed by atoms with E-state index in [1.807, 2.05) is 0 Å². The second-order valence-electron chi connectivity index (χ2n) is 3.23. The molecule has 1 saturated carbocycles. The van der Waals surface area contributed by atoms with Gasteiger partial charge in [-0.05, 0) is 37.3 Å². The van der Waals surface area contributed by atoms with Crippen LogP contribution in [0.5, 0.6) is 0 Å². The van der Waals surface area contributed by atoms with Crippen molar-refractivity contribution in [1.29, 1.82) is 0 Å². The zero-order valence-corrected chi connectivity index (χ0v) is 8.07. The zero-order chi connectivity index (χ0) is 9.19. The molecule has 0 bridgehead atoms. The van der Waals surface area contributed by atoms with Gasteiger partial charge in [0.2, 0.25) is 5.24 Å². The van der Waals surface area contributed by atoms with E-state index >= 15 is 0 Å². The molecule has 0 amide bonds. The van der Waals surface area contributed by atoms with E-state index in [4.69, 9.17) is 23.2 Å². The van der Waals surface area contributed by atoms with E-state index < -0.39 is 4.87 Å². The third-order valence-electron chi connectivity index (χ3n) is 2.35. The van der Waals surface area contributed by atoms with Crippen LogP contribution in [-0.2, 0) is 9.59 Å². The lowest BCUT2D eigenvalue weighted by Crippen LogP contribution is -2.31. The van der Waals surface area contributed by atoms with Crippen molar-refractivity contribution in [2.75, 3.05) is 0 Å². The minimum atomic E-state index is -0.733. The summed E-state index contributed by atoms with van der Waals surface area (Å²) in [5, 5.41) is -0.306. The Morgan fingerprint density at radius 3 is 2.25 bits per heavy atom. The van der Waals surface area contributed by atoms with Gasteiger partial charge in [0.05, 0.1) is 4.87 Å². The number of carbonyl (C=O) groups is 2. The lowest BCUT2D eigenvalue weighted by Gasteiger charge is -2.28. The van der Waals surface area contributed by atoms with Gasteiger partial charge >= 0.3 is 0 Å². The van der Waals surface area contributed by atoms with Gasteiger partial charge in [0, 0.05) is 5.92 Å². The van der Waals surface area contributed by atoms with E-state index in [0.29, 0.717) is 25.7 Å². The molecule has 0 N–H and O–H groups in total. The molecule has 0 atom stereocenters. The SMILES string of the molecule is O=CC1(Cl)CCC(C(=O)Cl)CC1. The van der Waals surface area contributed by atoms with Gasteiger partial charge in [-0.25, -0.2) is 0 Å². The fourth-order valence-corrected chi connectivity index (χ4v) is 1.88. The molecule has 0 saturated heterocycles. The lowest BCUT2D eigenvalue weighted by atomic mass is 9.83. The number of rotatable bonds is 2. The van der Waals surface area contributed by atoms with Gasteiger partial charge in [-0.1, -0.05) is 0 Å². The normalized spacial score (nSPS) is 36.0. The highest BCUT2D eigenvalue weighted by molar-refractivity contribution is 6.64. The molecule has 12 heavy (non-hydrogen) atoms. The van der Waals surface area contributed by atoms with E-state index in [-0.39, 0.29) is 11.2 Å². The summed E-state index contributed by atoms with van der Waals surface area (Å²) in [4.78, 5) is 20.5. The van der Waals surface area contributed by atoms with Gasteiger partial charge in [0.25, 0.3) is 0 Å². The van der Waals surface area contributed by atoms with Crippen LogP contribution in [0.2, 0.25) is 0 Å². The Balaban J connectivity index is 2.49. The summed E-state index contributed by atoms with van der Waals surface area (Å²) in [5.41, 5.74) is 0. The fourth-order valence-electron chi connectivity index (χ4n) is 1.44. The quantitative estimate of drug-likeness (QED) is 0.396. The van der Waals surface area contributed by atoms with Crippen molar-refractivity contribution in [3.63, 3.8) is 0 Å². The topological polar surface area (TPSA) is 34.1 Å². The second-order valence-corrected chi connectivity index (χ2v) is 4.36. The minimum Gasteiger partial charge on any atom is -0.301 e. The van der Waals surface area contributed by atoms with Crippen molar-refractivity contribution in [3.8, 4) is 0 Å². The van der Waals surface area contributed by atoms with Gasteiger partial charge in [-0.15, -0.1) is 11.6 Å². The maximum absolute atomic E-state index is 10.7. The van der Waals surface area contributed by atoms with E-state index in [9.17, 15) is 9.59 Å². The molecular weight excluding hydrogens is 199 g/mol. The largest absolute Gasteiger partial charge is 0.301 e. The molecule has 4 heteroatoms. The van der Waals surface area contributed by atoms with Crippen LogP contribution < -0.4 is 0 Å². The monoisotopic (exact) mass is 208 g/mol. The van der Waals surface area contributed by atoms with E-state index in [1.165, 1.54) is 0 Å². The molecule has 0 aromatic rings. The Kier molecular flexibility index (Phi) is 3.13. The highest BCUT2D eigenvalue weighted by Crippen LogP contribution is 2.36. The number of aldehydes is 1. The van der Waals surface area contributed by atoms with Gasteiger partial charge in [-0.2, -0.15) is 0 Å². The molecule has 2 nitrogen and oxygen atoms in total. The molecule has 0 aromatic heterocycles. The molecule has 1 rings (SSSR count). The van der Waals surface area contributed by atoms with Crippen LogP contribution in [0.15, 0.2) is 0 Å². The maximum Gasteiger partial charge on any atom is 0.224 e. The molecule has 1 aliphatic carbocycles. The summed E-state index contributed by atoms with van der Waals surface area (Å²) in [7, 11) is 0. The van der Waals surface area contributed by atoms with Crippen LogP contribution in [0.4, 0.5) is 0 Å². The average Bonchev–Trinajstić information content (AvgIpc) is 2.05. The van der Waals surface area contributed by atoms with Crippen LogP contribution in [0.25, 0.3) is 0 Å². The van der Waals surface area contributed by atoms with Gasteiger partial charge in [-0.3, -0.25) is 4.79 Å². The summed E-state index contributed by atoms with van der Waals surface area (Å²) in [6, 6.07) is 0. The van der Waals surface area contributed by atoms with Crippen molar-refractivity contribution in [3.05, 3.63) is 0 Å². The van der Waals surface area contributed by atoms with Crippen LogP contribution >= 0.6 is 23.2 Å². The van der Waals surface area contributed by atoms with Crippen LogP contribution in [0, 0.1) is 5.92 Å². The Labute approximate surface area is 81.2 Å². The van der Waals surface area contributed by atoms with Crippen LogP contribution in [0.3, 0.4) is 0 Å². The van der Waals surface area contributed by atoms with Crippen molar-refractivity contribution < 1.29 is 9.59 Å². The van der Waals surface area contributed by atoms with Crippen molar-refractivity contribution in [2.24, 2.45) is 5.92 Å². The number of alkyl halides is 1. The molecule has 0 heterocycles. The lowest BCUT2D eigenvalue weighted by molar-refractivity contribution is -0.117. The predicted molar refractivity (Wildman–Crippen MR) is 47.5 cm³/mol. The van der Waals surface area contributed by atoms with Crippen molar-refractivity contribution >= 4 is 34.7 Å². The molecule has 0 aromatic carbocycles. The maximum atomic E-state index is 10.7. The molecule has 1 aliphatic rings. The van der Waals surface area contributed by atoms with Gasteiger partial charge in [0.1, 0.15) is 6.29 Å². The molecule has 0 unspecified atom stereocenters. The predicted octanol–water partition coefficient (Wildman–Crippen LogP) is 2.12. The fraction of sp³-hybridized carbons (Fsp3) is 0.750. The summed E-state index contributed by atoms with van der Waals surface area (Å²) in [6.07, 6.45) is 3.14. The Bertz CT molecular complexity index is 195. The number of hydrogen-bond donors (Lipinski definition) is 0. The smallest absolute Gasteiger partial charge is 0.224 e. The van der Waals surface area contributed by atoms with E-state index in [2.05, 4.69) is 0 Å². The molecular formula is C8H10Cl2O2. The Hall–Kier alpha value is -0.0800. The summed E-state index contributed by atoms with van der Waals surface area (Å²) < 4.78 is 0. The number of carbonyl (C=O) groups excluding carboxylic acids is 2. The molecule has 0 spiro atoms. The molecule has 68 valence electrons. The van der Waals surface area contributed by atoms with Crippen molar-refractivity contribution in [1.82, 2.24) is 0 Å². The first kappa shape index (κ1) is 10.0. The minimum absolute atomic E-state index is 0.0986. The van der Waals surface area contributed by atoms with E-state index in [1.54, 1.807) is 0 Å². The van der Waals surface area contributed by atoms with Gasteiger partial charge < -0.3 is 4.79 Å². The average molecular weight is 209 g/mol. The zero-order valence-electron chi connectivity index (χ0n) is 6.56. The first-order chi connectivity index (χ1) is 5.57. The number of hydrogen-bond acceptors (Lipinski definition) is 2. The standard InChI is InChI=1S/C8H10Cl2O2/c9-7(12)6-1-3-8(10,5-11)4-2-6/h5-6H,1-4H2. The third-order valence-corrected chi connectivity index (χ3v) is 3.12. The molecule has 1 fully saturated rings. The highest BCUT2D eigenvalue weighted by atomic mass is 35.5. The van der Waals surface area contributed by atoms with E-state index in [0.717, 1.165) is 6.29 Å². The van der Waals surface area contributed by atoms with Crippen LogP contribution in [-0.4, -0.2) is 16.4 Å². The highest BCUT2D eigenvalue weighted by Gasteiger charge is 2.34. The number of halogens is 2. The second kappa shape index (κ2) is 3.75. The molecule has 0 radical (unpaired) electrons.